The number of hydrogen-bond acceptors (Lipinski definition) is 4. The van der Waals surface area contributed by atoms with Gasteiger partial charge in [-0.3, -0.25) is 9.59 Å². The number of Topliss-reactive ketones (excluding diaryl/α,β-unsaturated/α-hetero) is 1. The van der Waals surface area contributed by atoms with Crippen LogP contribution in [0.4, 0.5) is 0 Å². The Morgan fingerprint density at radius 1 is 1.28 bits per heavy atom. The van der Waals surface area contributed by atoms with Crippen LogP contribution in [-0.2, 0) is 14.3 Å². The van der Waals surface area contributed by atoms with Crippen molar-refractivity contribution in [2.24, 2.45) is 29.1 Å². The number of aldehydes is 1. The van der Waals surface area contributed by atoms with Gasteiger partial charge in [-0.2, -0.15) is 0 Å². The molecule has 1 N–H and O–H groups in total. The Kier molecular flexibility index (Phi) is 4.98. The third-order valence-electron chi connectivity index (χ3n) is 8.68. The second-order valence-corrected chi connectivity index (χ2v) is 11.0. The fourth-order valence-corrected chi connectivity index (χ4v) is 7.28. The fourth-order valence-electron chi connectivity index (χ4n) is 7.28. The van der Waals surface area contributed by atoms with Crippen LogP contribution in [0.5, 0.6) is 0 Å². The number of ketones is 1. The van der Waals surface area contributed by atoms with Crippen LogP contribution in [0.3, 0.4) is 0 Å². The Labute approximate surface area is 174 Å². The third-order valence-corrected chi connectivity index (χ3v) is 8.68. The van der Waals surface area contributed by atoms with Gasteiger partial charge in [0.1, 0.15) is 12.1 Å². The molecule has 0 amide bonds. The fraction of sp³-hybridized carbons (Fsp3) is 0.760. The predicted octanol–water partition coefficient (Wildman–Crippen LogP) is 4.41. The zero-order chi connectivity index (χ0) is 21.2. The average molecular weight is 401 g/mol. The molecule has 29 heavy (non-hydrogen) atoms. The van der Waals surface area contributed by atoms with Crippen LogP contribution < -0.4 is 0 Å². The molecule has 3 aliphatic carbocycles. The van der Waals surface area contributed by atoms with E-state index in [4.69, 9.17) is 4.74 Å². The van der Waals surface area contributed by atoms with Gasteiger partial charge < -0.3 is 9.84 Å². The lowest BCUT2D eigenvalue weighted by Crippen LogP contribution is -2.46. The van der Waals surface area contributed by atoms with Crippen molar-refractivity contribution in [3.63, 3.8) is 0 Å². The zero-order valence-electron chi connectivity index (χ0n) is 18.5. The van der Waals surface area contributed by atoms with Crippen LogP contribution in [0.2, 0.25) is 0 Å². The molecule has 0 bridgehead atoms. The van der Waals surface area contributed by atoms with Gasteiger partial charge >= 0.3 is 0 Å². The Bertz CT molecular complexity index is 774. The molecule has 0 aromatic rings. The van der Waals surface area contributed by atoms with E-state index in [1.165, 1.54) is 5.57 Å². The van der Waals surface area contributed by atoms with Gasteiger partial charge in [0, 0.05) is 12.3 Å². The Hall–Kier alpha value is -1.26. The molecule has 8 atom stereocenters. The molecule has 1 spiro atoms. The lowest BCUT2D eigenvalue weighted by molar-refractivity contribution is -0.122. The highest BCUT2D eigenvalue weighted by Crippen LogP contribution is 2.64. The average Bonchev–Trinajstić information content (AvgIpc) is 3.12. The van der Waals surface area contributed by atoms with Gasteiger partial charge in [0.15, 0.2) is 0 Å². The van der Waals surface area contributed by atoms with Crippen LogP contribution in [0.25, 0.3) is 0 Å². The summed E-state index contributed by atoms with van der Waals surface area (Å²) in [5.41, 5.74) is 0.628. The van der Waals surface area contributed by atoms with Crippen molar-refractivity contribution >= 4 is 12.1 Å². The summed E-state index contributed by atoms with van der Waals surface area (Å²) in [7, 11) is 0. The van der Waals surface area contributed by atoms with E-state index >= 15 is 0 Å². The number of hydrogen-bond donors (Lipinski definition) is 1. The van der Waals surface area contributed by atoms with E-state index < -0.39 is 11.5 Å². The van der Waals surface area contributed by atoms with Crippen LogP contribution in [0.15, 0.2) is 23.3 Å². The monoisotopic (exact) mass is 400 g/mol. The van der Waals surface area contributed by atoms with E-state index in [1.54, 1.807) is 6.92 Å². The molecule has 4 rings (SSSR count). The van der Waals surface area contributed by atoms with Crippen LogP contribution in [-0.4, -0.2) is 34.5 Å². The minimum atomic E-state index is -1.04. The molecule has 160 valence electrons. The van der Waals surface area contributed by atoms with E-state index in [9.17, 15) is 14.7 Å². The molecule has 0 radical (unpaired) electrons. The van der Waals surface area contributed by atoms with Crippen LogP contribution >= 0.6 is 0 Å². The molecule has 1 heterocycles. The second-order valence-electron chi connectivity index (χ2n) is 11.0. The highest BCUT2D eigenvalue weighted by molar-refractivity contribution is 5.94. The van der Waals surface area contributed by atoms with Gasteiger partial charge in [0.05, 0.1) is 23.2 Å². The number of aliphatic hydroxyl groups is 1. The molecule has 2 saturated carbocycles. The van der Waals surface area contributed by atoms with Gasteiger partial charge in [-0.15, -0.1) is 0 Å². The van der Waals surface area contributed by atoms with E-state index in [2.05, 4.69) is 33.8 Å². The maximum Gasteiger partial charge on any atom is 0.146 e. The Morgan fingerprint density at radius 3 is 2.66 bits per heavy atom. The van der Waals surface area contributed by atoms with E-state index in [-0.39, 0.29) is 35.2 Å². The van der Waals surface area contributed by atoms with Crippen molar-refractivity contribution in [1.29, 1.82) is 0 Å². The first-order valence-electron chi connectivity index (χ1n) is 11.3. The Morgan fingerprint density at radius 2 is 2.00 bits per heavy atom. The summed E-state index contributed by atoms with van der Waals surface area (Å²) in [5.74, 6) is 0.117. The highest BCUT2D eigenvalue weighted by atomic mass is 16.5. The number of carbonyl (C=O) groups is 2. The van der Waals surface area contributed by atoms with E-state index in [1.807, 2.05) is 6.08 Å². The summed E-state index contributed by atoms with van der Waals surface area (Å²) in [6.45, 7) is 10.7. The number of allylic oxidation sites excluding steroid dienone is 3. The second kappa shape index (κ2) is 6.88. The lowest BCUT2D eigenvalue weighted by Gasteiger charge is -2.45. The van der Waals surface area contributed by atoms with Crippen LogP contribution in [0, 0.1) is 29.1 Å². The van der Waals surface area contributed by atoms with E-state index in [0.29, 0.717) is 17.4 Å². The first-order chi connectivity index (χ1) is 13.5. The lowest BCUT2D eigenvalue weighted by atomic mass is 9.62. The van der Waals surface area contributed by atoms with Gasteiger partial charge in [0.25, 0.3) is 0 Å². The van der Waals surface area contributed by atoms with Crippen LogP contribution in [0.1, 0.15) is 73.1 Å². The van der Waals surface area contributed by atoms with Gasteiger partial charge in [-0.25, -0.2) is 0 Å². The smallest absolute Gasteiger partial charge is 0.146 e. The molecule has 4 nitrogen and oxygen atoms in total. The maximum atomic E-state index is 12.7. The van der Waals surface area contributed by atoms with Gasteiger partial charge in [-0.1, -0.05) is 31.6 Å². The quantitative estimate of drug-likeness (QED) is 0.551. The molecular weight excluding hydrogens is 364 g/mol. The largest absolute Gasteiger partial charge is 0.389 e. The van der Waals surface area contributed by atoms with E-state index in [0.717, 1.165) is 38.4 Å². The molecule has 0 aromatic heterocycles. The third kappa shape index (κ3) is 3.18. The SMILES string of the molecule is CC(C)=C[C@H]1C[C@@H](C)[C@]2(CC[C@@]3(C)C[C@@H]4[C@H](C(=O)C[C@]4(C)O)/C(C=O)=C/C[C@@H]32)O1. The summed E-state index contributed by atoms with van der Waals surface area (Å²) in [6.07, 6.45) is 10.0. The van der Waals surface area contributed by atoms with Crippen molar-refractivity contribution in [1.82, 2.24) is 0 Å². The summed E-state index contributed by atoms with van der Waals surface area (Å²) in [4.78, 5) is 24.6. The van der Waals surface area contributed by atoms with Crippen molar-refractivity contribution in [3.05, 3.63) is 23.3 Å². The van der Waals surface area contributed by atoms with Crippen molar-refractivity contribution < 1.29 is 19.4 Å². The molecule has 0 aromatic carbocycles. The van der Waals surface area contributed by atoms with Crippen molar-refractivity contribution in [2.45, 2.75) is 90.4 Å². The molecule has 3 fully saturated rings. The molecule has 4 aliphatic rings. The topological polar surface area (TPSA) is 63.6 Å². The van der Waals surface area contributed by atoms with Gasteiger partial charge in [-0.05, 0) is 75.7 Å². The number of ether oxygens (including phenoxy) is 1. The maximum absolute atomic E-state index is 12.7. The number of fused-ring (bicyclic) bond motifs is 3. The summed E-state index contributed by atoms with van der Waals surface area (Å²) in [5, 5.41) is 11.1. The molecule has 1 saturated heterocycles. The standard InChI is InChI=1S/C25H36O4/c1-15(2)10-18-11-16(3)25(29-18)9-8-23(4)12-19-22(20(27)13-24(19,5)28)17(14-26)6-7-21(23)25/h6,10,14,16,18-19,21-22,28H,7-9,11-13H2,1-5H3/b17-6+/t16-,18+,19-,21+,22-,23+,24+,25+/m1/s1. The van der Waals surface area contributed by atoms with Gasteiger partial charge in [0.2, 0.25) is 0 Å². The summed E-state index contributed by atoms with van der Waals surface area (Å²) < 4.78 is 6.79. The minimum absolute atomic E-state index is 0.00341. The minimum Gasteiger partial charge on any atom is -0.389 e. The first-order valence-corrected chi connectivity index (χ1v) is 11.3. The molecule has 1 aliphatic heterocycles. The predicted molar refractivity (Wildman–Crippen MR) is 112 cm³/mol. The summed E-state index contributed by atoms with van der Waals surface area (Å²) >= 11 is 0. The van der Waals surface area contributed by atoms with Crippen molar-refractivity contribution in [3.8, 4) is 0 Å². The number of rotatable bonds is 2. The first kappa shape index (κ1) is 21.0. The zero-order valence-corrected chi connectivity index (χ0v) is 18.5. The highest BCUT2D eigenvalue weighted by Gasteiger charge is 2.63. The number of carbonyl (C=O) groups excluding carboxylic acids is 2. The molecule has 0 unspecified atom stereocenters. The normalized spacial score (nSPS) is 51.0. The molecule has 4 heteroatoms. The van der Waals surface area contributed by atoms with Crippen molar-refractivity contribution in [2.75, 3.05) is 0 Å². The summed E-state index contributed by atoms with van der Waals surface area (Å²) in [6, 6.07) is 0. The Balaban J connectivity index is 1.74. The molecular formula is C25H36O4.